The zero-order valence-corrected chi connectivity index (χ0v) is 19.3. The fraction of sp³-hybridized carbons (Fsp3) is 0.650. The molecule has 0 bridgehead atoms. The zero-order valence-electron chi connectivity index (χ0n) is 16.9. The summed E-state index contributed by atoms with van der Waals surface area (Å²) in [6.07, 6.45) is 2.21. The molecule has 6 heteroatoms. The van der Waals surface area contributed by atoms with Crippen LogP contribution in [0.15, 0.2) is 23.2 Å². The number of nitrogens with zero attached hydrogens (tertiary/aromatic N) is 1. The van der Waals surface area contributed by atoms with Crippen molar-refractivity contribution in [1.29, 1.82) is 0 Å². The van der Waals surface area contributed by atoms with Crippen LogP contribution in [0.1, 0.15) is 51.7 Å². The average molecular weight is 475 g/mol. The normalized spacial score (nSPS) is 20.5. The summed E-state index contributed by atoms with van der Waals surface area (Å²) in [6, 6.07) is 6.31. The summed E-state index contributed by atoms with van der Waals surface area (Å²) in [4.78, 5) is 4.32. The molecule has 2 rings (SSSR count). The second-order valence-electron chi connectivity index (χ2n) is 8.01. The highest BCUT2D eigenvalue weighted by Gasteiger charge is 2.29. The molecule has 2 N–H and O–H groups in total. The molecule has 0 aliphatic carbocycles. The van der Waals surface area contributed by atoms with Crippen LogP contribution in [0.25, 0.3) is 0 Å². The van der Waals surface area contributed by atoms with Gasteiger partial charge in [-0.25, -0.2) is 0 Å². The molecule has 0 aromatic heterocycles. The molecule has 1 heterocycles. The van der Waals surface area contributed by atoms with E-state index < -0.39 is 0 Å². The number of halogens is 1. The largest absolute Gasteiger partial charge is 0.488 e. The Morgan fingerprint density at radius 3 is 2.62 bits per heavy atom. The van der Waals surface area contributed by atoms with Gasteiger partial charge in [-0.05, 0) is 59.1 Å². The lowest BCUT2D eigenvalue weighted by atomic mass is 10.0. The predicted molar refractivity (Wildman–Crippen MR) is 119 cm³/mol. The number of ether oxygens (including phenoxy) is 2. The van der Waals surface area contributed by atoms with Crippen molar-refractivity contribution in [2.45, 2.75) is 65.2 Å². The van der Waals surface area contributed by atoms with E-state index in [1.165, 1.54) is 5.56 Å². The molecule has 0 saturated carbocycles. The highest BCUT2D eigenvalue weighted by molar-refractivity contribution is 14.0. The SMILES string of the molecule is CN=C(NCc1ccc(C)cc1OC(C)(C)C)NCC1(C)CCCO1.I. The summed E-state index contributed by atoms with van der Waals surface area (Å²) in [5.41, 5.74) is 1.99. The van der Waals surface area contributed by atoms with Crippen LogP contribution in [-0.2, 0) is 11.3 Å². The first-order chi connectivity index (χ1) is 11.7. The summed E-state index contributed by atoms with van der Waals surface area (Å²) >= 11 is 0. The monoisotopic (exact) mass is 475 g/mol. The lowest BCUT2D eigenvalue weighted by Crippen LogP contribution is -2.45. The molecule has 1 saturated heterocycles. The van der Waals surface area contributed by atoms with Gasteiger partial charge in [0, 0.05) is 32.3 Å². The Balaban J connectivity index is 0.00000338. The van der Waals surface area contributed by atoms with Gasteiger partial charge in [0.2, 0.25) is 0 Å². The van der Waals surface area contributed by atoms with Crippen LogP contribution in [-0.4, -0.2) is 37.4 Å². The molecule has 1 aliphatic rings. The molecule has 1 unspecified atom stereocenters. The van der Waals surface area contributed by atoms with Gasteiger partial charge in [0.05, 0.1) is 5.60 Å². The summed E-state index contributed by atoms with van der Waals surface area (Å²) in [5.74, 6) is 1.69. The Hall–Kier alpha value is -1.02. The molecule has 26 heavy (non-hydrogen) atoms. The lowest BCUT2D eigenvalue weighted by molar-refractivity contribution is 0.0242. The van der Waals surface area contributed by atoms with Gasteiger partial charge in [0.15, 0.2) is 5.96 Å². The first-order valence-electron chi connectivity index (χ1n) is 9.08. The van der Waals surface area contributed by atoms with Crippen LogP contribution in [0.3, 0.4) is 0 Å². The Kier molecular flexibility index (Phi) is 8.66. The first-order valence-corrected chi connectivity index (χ1v) is 9.08. The van der Waals surface area contributed by atoms with Crippen LogP contribution in [0.5, 0.6) is 5.75 Å². The number of nitrogens with one attached hydrogen (secondary N) is 2. The molecule has 1 aliphatic heterocycles. The number of hydrogen-bond acceptors (Lipinski definition) is 3. The second kappa shape index (κ2) is 9.78. The van der Waals surface area contributed by atoms with E-state index in [4.69, 9.17) is 9.47 Å². The van der Waals surface area contributed by atoms with Crippen LogP contribution >= 0.6 is 24.0 Å². The minimum absolute atomic E-state index is 0. The summed E-state index contributed by atoms with van der Waals surface area (Å²) < 4.78 is 11.9. The van der Waals surface area contributed by atoms with Crippen molar-refractivity contribution in [3.8, 4) is 5.75 Å². The van der Waals surface area contributed by atoms with Crippen LogP contribution in [0.2, 0.25) is 0 Å². The number of guanidine groups is 1. The molecule has 1 aromatic carbocycles. The van der Waals surface area contributed by atoms with Crippen LogP contribution < -0.4 is 15.4 Å². The molecule has 0 amide bonds. The van der Waals surface area contributed by atoms with E-state index in [9.17, 15) is 0 Å². The second-order valence-corrected chi connectivity index (χ2v) is 8.01. The maximum Gasteiger partial charge on any atom is 0.191 e. The molecule has 5 nitrogen and oxygen atoms in total. The van der Waals surface area contributed by atoms with E-state index in [0.29, 0.717) is 6.54 Å². The zero-order chi connectivity index (χ0) is 18.5. The van der Waals surface area contributed by atoms with Gasteiger partial charge >= 0.3 is 0 Å². The summed E-state index contributed by atoms with van der Waals surface area (Å²) in [6.45, 7) is 12.7. The van der Waals surface area contributed by atoms with Gasteiger partial charge < -0.3 is 20.1 Å². The first kappa shape index (κ1) is 23.0. The molecule has 1 fully saturated rings. The quantitative estimate of drug-likeness (QED) is 0.384. The smallest absolute Gasteiger partial charge is 0.191 e. The number of hydrogen-bond donors (Lipinski definition) is 2. The molecule has 148 valence electrons. The molecule has 0 radical (unpaired) electrons. The van der Waals surface area contributed by atoms with Gasteiger partial charge in [0.1, 0.15) is 11.4 Å². The van der Waals surface area contributed by atoms with Crippen molar-refractivity contribution >= 4 is 29.9 Å². The van der Waals surface area contributed by atoms with Crippen molar-refractivity contribution in [2.24, 2.45) is 4.99 Å². The Morgan fingerprint density at radius 2 is 2.04 bits per heavy atom. The van der Waals surface area contributed by atoms with E-state index in [0.717, 1.165) is 43.3 Å². The Morgan fingerprint density at radius 1 is 1.31 bits per heavy atom. The Bertz CT molecular complexity index is 606. The number of rotatable bonds is 5. The van der Waals surface area contributed by atoms with E-state index in [1.54, 1.807) is 7.05 Å². The topological polar surface area (TPSA) is 54.9 Å². The standard InChI is InChI=1S/C20H33N3O2.HI/c1-15-8-9-16(17(12-15)25-19(2,3)4)13-22-18(21-6)23-14-20(5)10-7-11-24-20;/h8-9,12H,7,10-11,13-14H2,1-6H3,(H2,21,22,23);1H. The van der Waals surface area contributed by atoms with Crippen LogP contribution in [0, 0.1) is 6.92 Å². The molecular formula is C20H34IN3O2. The minimum Gasteiger partial charge on any atom is -0.488 e. The minimum atomic E-state index is -0.225. The summed E-state index contributed by atoms with van der Waals surface area (Å²) in [5, 5.41) is 6.75. The van der Waals surface area contributed by atoms with E-state index in [-0.39, 0.29) is 35.2 Å². The van der Waals surface area contributed by atoms with Crippen molar-refractivity contribution in [1.82, 2.24) is 10.6 Å². The fourth-order valence-corrected chi connectivity index (χ4v) is 2.88. The lowest BCUT2D eigenvalue weighted by Gasteiger charge is -2.26. The van der Waals surface area contributed by atoms with Gasteiger partial charge in [-0.2, -0.15) is 0 Å². The average Bonchev–Trinajstić information content (AvgIpc) is 2.94. The van der Waals surface area contributed by atoms with Gasteiger partial charge in [-0.15, -0.1) is 24.0 Å². The molecular weight excluding hydrogens is 441 g/mol. The third-order valence-corrected chi connectivity index (χ3v) is 4.24. The number of benzene rings is 1. The van der Waals surface area contributed by atoms with Crippen molar-refractivity contribution < 1.29 is 9.47 Å². The predicted octanol–water partition coefficient (Wildman–Crippen LogP) is 4.02. The van der Waals surface area contributed by atoms with E-state index >= 15 is 0 Å². The number of aryl methyl sites for hydroxylation is 1. The van der Waals surface area contributed by atoms with Gasteiger partial charge in [-0.3, -0.25) is 4.99 Å². The fourth-order valence-electron chi connectivity index (χ4n) is 2.88. The number of aliphatic imine (C=N–C) groups is 1. The third-order valence-electron chi connectivity index (χ3n) is 4.24. The molecule has 1 aromatic rings. The molecule has 1 atom stereocenters. The van der Waals surface area contributed by atoms with Crippen molar-refractivity contribution in [3.05, 3.63) is 29.3 Å². The van der Waals surface area contributed by atoms with Crippen LogP contribution in [0.4, 0.5) is 0 Å². The van der Waals surface area contributed by atoms with Crippen molar-refractivity contribution in [2.75, 3.05) is 20.2 Å². The van der Waals surface area contributed by atoms with E-state index in [1.807, 2.05) is 0 Å². The highest BCUT2D eigenvalue weighted by atomic mass is 127. The molecule has 0 spiro atoms. The third kappa shape index (κ3) is 7.31. The van der Waals surface area contributed by atoms with Gasteiger partial charge in [-0.1, -0.05) is 12.1 Å². The maximum atomic E-state index is 6.12. The van der Waals surface area contributed by atoms with E-state index in [2.05, 4.69) is 68.4 Å². The summed E-state index contributed by atoms with van der Waals surface area (Å²) in [7, 11) is 1.79. The van der Waals surface area contributed by atoms with Gasteiger partial charge in [0.25, 0.3) is 0 Å². The Labute approximate surface area is 175 Å². The maximum absolute atomic E-state index is 6.12. The highest BCUT2D eigenvalue weighted by Crippen LogP contribution is 2.25. The van der Waals surface area contributed by atoms with Crippen molar-refractivity contribution in [3.63, 3.8) is 0 Å².